The molecule has 106 valence electrons. The zero-order valence-electron chi connectivity index (χ0n) is 11.0. The van der Waals surface area contributed by atoms with Crippen molar-refractivity contribution in [1.29, 1.82) is 0 Å². The largest absolute Gasteiger partial charge is 0.417 e. The fourth-order valence-electron chi connectivity index (χ4n) is 2.08. The predicted octanol–water partition coefficient (Wildman–Crippen LogP) is 5.09. The number of hydrogen-bond acceptors (Lipinski definition) is 1. The van der Waals surface area contributed by atoms with Crippen LogP contribution in [0.3, 0.4) is 0 Å². The van der Waals surface area contributed by atoms with Crippen LogP contribution >= 0.6 is 11.6 Å². The minimum Gasteiger partial charge on any atom is -0.377 e. The van der Waals surface area contributed by atoms with Crippen molar-refractivity contribution in [3.63, 3.8) is 0 Å². The average Bonchev–Trinajstić information content (AvgIpc) is 2.37. The van der Waals surface area contributed by atoms with Crippen molar-refractivity contribution in [2.75, 3.05) is 19.0 Å². The third kappa shape index (κ3) is 2.90. The molecule has 0 aliphatic carbocycles. The third-order valence-corrected chi connectivity index (χ3v) is 3.20. The molecule has 0 unspecified atom stereocenters. The van der Waals surface area contributed by atoms with Gasteiger partial charge in [0.2, 0.25) is 0 Å². The summed E-state index contributed by atoms with van der Waals surface area (Å²) in [4.78, 5) is 1.76. The zero-order chi connectivity index (χ0) is 14.9. The summed E-state index contributed by atoms with van der Waals surface area (Å²) in [6, 6.07) is 10.4. The van der Waals surface area contributed by atoms with Crippen LogP contribution in [-0.4, -0.2) is 14.1 Å². The first-order chi connectivity index (χ1) is 9.30. The SMILES string of the molecule is CN(C)c1ccc(Cl)cc1-c1ccccc1C(F)(F)F. The Morgan fingerprint density at radius 3 is 2.20 bits per heavy atom. The summed E-state index contributed by atoms with van der Waals surface area (Å²) >= 11 is 5.94. The summed E-state index contributed by atoms with van der Waals surface area (Å²) < 4.78 is 39.4. The third-order valence-electron chi connectivity index (χ3n) is 2.96. The van der Waals surface area contributed by atoms with E-state index in [4.69, 9.17) is 11.6 Å². The Morgan fingerprint density at radius 1 is 0.950 bits per heavy atom. The highest BCUT2D eigenvalue weighted by Crippen LogP contribution is 2.40. The molecule has 0 atom stereocenters. The van der Waals surface area contributed by atoms with E-state index in [1.165, 1.54) is 12.1 Å². The van der Waals surface area contributed by atoms with Crippen LogP contribution in [0.1, 0.15) is 5.56 Å². The van der Waals surface area contributed by atoms with Gasteiger partial charge in [-0.15, -0.1) is 0 Å². The fraction of sp³-hybridized carbons (Fsp3) is 0.200. The van der Waals surface area contributed by atoms with Gasteiger partial charge in [0.25, 0.3) is 0 Å². The van der Waals surface area contributed by atoms with E-state index in [9.17, 15) is 13.2 Å². The van der Waals surface area contributed by atoms with Crippen molar-refractivity contribution < 1.29 is 13.2 Å². The normalized spacial score (nSPS) is 11.5. The van der Waals surface area contributed by atoms with E-state index in [1.807, 2.05) is 0 Å². The van der Waals surface area contributed by atoms with E-state index in [2.05, 4.69) is 0 Å². The summed E-state index contributed by atoms with van der Waals surface area (Å²) in [5, 5.41) is 0.405. The number of rotatable bonds is 2. The summed E-state index contributed by atoms with van der Waals surface area (Å²) in [5.41, 5.74) is 0.623. The minimum atomic E-state index is -4.40. The number of nitrogens with zero attached hydrogens (tertiary/aromatic N) is 1. The maximum Gasteiger partial charge on any atom is 0.417 e. The van der Waals surface area contributed by atoms with Crippen molar-refractivity contribution >= 4 is 17.3 Å². The second kappa shape index (κ2) is 5.37. The Morgan fingerprint density at radius 2 is 1.60 bits per heavy atom. The molecular formula is C15H13ClF3N. The molecule has 0 amide bonds. The van der Waals surface area contributed by atoms with E-state index in [1.54, 1.807) is 43.3 Å². The summed E-state index contributed by atoms with van der Waals surface area (Å²) in [6.07, 6.45) is -4.40. The van der Waals surface area contributed by atoms with Gasteiger partial charge in [0.15, 0.2) is 0 Å². The quantitative estimate of drug-likeness (QED) is 0.746. The number of alkyl halides is 3. The molecule has 0 heterocycles. The van der Waals surface area contributed by atoms with Gasteiger partial charge in [0, 0.05) is 30.4 Å². The number of anilines is 1. The number of halogens is 4. The van der Waals surface area contributed by atoms with Crippen molar-refractivity contribution in [2.24, 2.45) is 0 Å². The van der Waals surface area contributed by atoms with Crippen molar-refractivity contribution in [2.45, 2.75) is 6.18 Å². The Hall–Kier alpha value is -1.68. The lowest BCUT2D eigenvalue weighted by molar-refractivity contribution is -0.137. The van der Waals surface area contributed by atoms with Crippen LogP contribution < -0.4 is 4.90 Å². The second-order valence-corrected chi connectivity index (χ2v) is 5.04. The lowest BCUT2D eigenvalue weighted by Crippen LogP contribution is -2.12. The summed E-state index contributed by atoms with van der Waals surface area (Å²) in [7, 11) is 3.56. The van der Waals surface area contributed by atoms with Gasteiger partial charge in [-0.3, -0.25) is 0 Å². The molecule has 1 nitrogen and oxygen atoms in total. The maximum atomic E-state index is 13.1. The van der Waals surface area contributed by atoms with E-state index >= 15 is 0 Å². The van der Waals surface area contributed by atoms with Gasteiger partial charge >= 0.3 is 6.18 Å². The zero-order valence-corrected chi connectivity index (χ0v) is 11.8. The van der Waals surface area contributed by atoms with Gasteiger partial charge in [-0.25, -0.2) is 0 Å². The van der Waals surface area contributed by atoms with E-state index in [0.717, 1.165) is 6.07 Å². The molecule has 0 aromatic heterocycles. The van der Waals surface area contributed by atoms with Gasteiger partial charge in [0.05, 0.1) is 5.56 Å². The molecule has 0 N–H and O–H groups in total. The van der Waals surface area contributed by atoms with Crippen molar-refractivity contribution in [3.8, 4) is 11.1 Å². The first-order valence-corrected chi connectivity index (χ1v) is 6.32. The molecule has 0 bridgehead atoms. The van der Waals surface area contributed by atoms with E-state index < -0.39 is 11.7 Å². The van der Waals surface area contributed by atoms with E-state index in [0.29, 0.717) is 16.3 Å². The lowest BCUT2D eigenvalue weighted by atomic mass is 9.97. The van der Waals surface area contributed by atoms with Crippen LogP contribution in [0.25, 0.3) is 11.1 Å². The van der Waals surface area contributed by atoms with Gasteiger partial charge in [-0.2, -0.15) is 13.2 Å². The lowest BCUT2D eigenvalue weighted by Gasteiger charge is -2.20. The van der Waals surface area contributed by atoms with Crippen LogP contribution in [-0.2, 0) is 6.18 Å². The summed E-state index contributed by atoms with van der Waals surface area (Å²) in [5.74, 6) is 0. The minimum absolute atomic E-state index is 0.131. The molecule has 2 aromatic carbocycles. The fourth-order valence-corrected chi connectivity index (χ4v) is 2.25. The molecule has 0 fully saturated rings. The standard InChI is InChI=1S/C15H13ClF3N/c1-20(2)14-8-7-10(16)9-12(14)11-5-3-4-6-13(11)15(17,18)19/h3-9H,1-2H3. The molecule has 2 aromatic rings. The average molecular weight is 300 g/mol. The molecule has 0 spiro atoms. The smallest absolute Gasteiger partial charge is 0.377 e. The number of benzene rings is 2. The highest BCUT2D eigenvalue weighted by molar-refractivity contribution is 6.31. The van der Waals surface area contributed by atoms with Crippen LogP contribution in [0, 0.1) is 0 Å². The Kier molecular flexibility index (Phi) is 3.95. The molecule has 0 aliphatic heterocycles. The van der Waals surface area contributed by atoms with Gasteiger partial charge in [-0.1, -0.05) is 29.8 Å². The monoisotopic (exact) mass is 299 g/mol. The molecule has 0 saturated carbocycles. The molecular weight excluding hydrogens is 287 g/mol. The topological polar surface area (TPSA) is 3.24 Å². The molecule has 2 rings (SSSR count). The molecule has 5 heteroatoms. The first-order valence-electron chi connectivity index (χ1n) is 5.94. The van der Waals surface area contributed by atoms with Crippen LogP contribution in [0.15, 0.2) is 42.5 Å². The van der Waals surface area contributed by atoms with Crippen LogP contribution in [0.5, 0.6) is 0 Å². The van der Waals surface area contributed by atoms with Crippen LogP contribution in [0.2, 0.25) is 5.02 Å². The molecule has 0 aliphatic rings. The Balaban J connectivity index is 2.72. The van der Waals surface area contributed by atoms with E-state index in [-0.39, 0.29) is 5.56 Å². The van der Waals surface area contributed by atoms with Crippen LogP contribution in [0.4, 0.5) is 18.9 Å². The highest BCUT2D eigenvalue weighted by atomic mass is 35.5. The maximum absolute atomic E-state index is 13.1. The number of hydrogen-bond donors (Lipinski definition) is 0. The molecule has 20 heavy (non-hydrogen) atoms. The highest BCUT2D eigenvalue weighted by Gasteiger charge is 2.33. The second-order valence-electron chi connectivity index (χ2n) is 4.60. The van der Waals surface area contributed by atoms with Gasteiger partial charge in [-0.05, 0) is 29.8 Å². The van der Waals surface area contributed by atoms with Crippen molar-refractivity contribution in [1.82, 2.24) is 0 Å². The van der Waals surface area contributed by atoms with Crippen molar-refractivity contribution in [3.05, 3.63) is 53.1 Å². The van der Waals surface area contributed by atoms with Gasteiger partial charge in [0.1, 0.15) is 0 Å². The predicted molar refractivity (Wildman–Crippen MR) is 76.2 cm³/mol. The summed E-state index contributed by atoms with van der Waals surface area (Å²) in [6.45, 7) is 0. The first kappa shape index (κ1) is 14.7. The Labute approximate surface area is 120 Å². The van der Waals surface area contributed by atoms with Gasteiger partial charge < -0.3 is 4.90 Å². The molecule has 0 saturated heterocycles. The Bertz CT molecular complexity index is 621. The molecule has 0 radical (unpaired) electrons.